The summed E-state index contributed by atoms with van der Waals surface area (Å²) in [7, 11) is 0. The molecule has 114 valence electrons. The van der Waals surface area contributed by atoms with Crippen molar-refractivity contribution in [1.29, 1.82) is 0 Å². The molecule has 0 aromatic heterocycles. The molecule has 0 aromatic rings. The Morgan fingerprint density at radius 3 is 2.30 bits per heavy atom. The molecule has 0 saturated heterocycles. The normalized spacial score (nSPS) is 23.6. The molecule has 1 N–H and O–H groups in total. The summed E-state index contributed by atoms with van der Waals surface area (Å²) in [6, 6.07) is 0. The second kappa shape index (κ2) is 6.59. The second-order valence-electron chi connectivity index (χ2n) is 6.38. The third-order valence-corrected chi connectivity index (χ3v) is 5.10. The molecule has 2 rings (SSSR count). The van der Waals surface area contributed by atoms with E-state index in [0.717, 1.165) is 38.5 Å². The Bertz CT molecular complexity index is 351. The fraction of sp³-hybridized carbons (Fsp3) is 0.875. The number of aliphatic carboxylic acids is 1. The molecule has 2 aliphatic rings. The molecule has 0 heterocycles. The largest absolute Gasteiger partial charge is 0.481 e. The van der Waals surface area contributed by atoms with E-state index in [4.69, 9.17) is 9.84 Å². The molecule has 1 atom stereocenters. The number of carbonyl (C=O) groups is 2. The number of carboxylic acid groups (broad SMARTS) is 1. The highest BCUT2D eigenvalue weighted by molar-refractivity contribution is 5.79. The van der Waals surface area contributed by atoms with Crippen LogP contribution in [0.4, 0.5) is 0 Å². The van der Waals surface area contributed by atoms with Gasteiger partial charge in [0.15, 0.2) is 0 Å². The summed E-state index contributed by atoms with van der Waals surface area (Å²) in [5.41, 5.74) is -0.278. The molecule has 4 heteroatoms. The van der Waals surface area contributed by atoms with E-state index < -0.39 is 11.9 Å². The molecule has 0 radical (unpaired) electrons. The summed E-state index contributed by atoms with van der Waals surface area (Å²) in [6.45, 7) is 1.85. The Labute approximate surface area is 120 Å². The minimum absolute atomic E-state index is 0.115. The predicted octanol–water partition coefficient (Wildman–Crippen LogP) is 3.53. The smallest absolute Gasteiger partial charge is 0.310 e. The van der Waals surface area contributed by atoms with Crippen LogP contribution in [0.5, 0.6) is 0 Å². The minimum atomic E-state index is -0.921. The number of hydrogen-bond donors (Lipinski definition) is 1. The number of carboxylic acids is 1. The van der Waals surface area contributed by atoms with Crippen molar-refractivity contribution in [3.63, 3.8) is 0 Å². The molecule has 2 aliphatic carbocycles. The summed E-state index contributed by atoms with van der Waals surface area (Å²) in [6.07, 6.45) is 9.37. The Morgan fingerprint density at radius 1 is 1.20 bits per heavy atom. The van der Waals surface area contributed by atoms with Crippen LogP contribution in [-0.4, -0.2) is 22.6 Å². The van der Waals surface area contributed by atoms with Crippen LogP contribution in [0.3, 0.4) is 0 Å². The topological polar surface area (TPSA) is 63.6 Å². The maximum absolute atomic E-state index is 12.3. The molecule has 20 heavy (non-hydrogen) atoms. The zero-order valence-electron chi connectivity index (χ0n) is 12.4. The number of esters is 1. The van der Waals surface area contributed by atoms with Crippen molar-refractivity contribution in [3.05, 3.63) is 0 Å². The monoisotopic (exact) mass is 282 g/mol. The highest BCUT2D eigenvalue weighted by Gasteiger charge is 2.46. The predicted molar refractivity (Wildman–Crippen MR) is 75.3 cm³/mol. The number of hydrogen-bond acceptors (Lipinski definition) is 3. The van der Waals surface area contributed by atoms with Crippen LogP contribution in [0.2, 0.25) is 0 Å². The minimum Gasteiger partial charge on any atom is -0.481 e. The zero-order chi connectivity index (χ0) is 14.6. The molecule has 0 amide bonds. The second-order valence-corrected chi connectivity index (χ2v) is 6.38. The molecule has 0 aromatic carbocycles. The Kier molecular flexibility index (Phi) is 5.06. The van der Waals surface area contributed by atoms with E-state index in [9.17, 15) is 9.59 Å². The van der Waals surface area contributed by atoms with E-state index in [0.29, 0.717) is 12.3 Å². The first-order valence-corrected chi connectivity index (χ1v) is 8.02. The van der Waals surface area contributed by atoms with Crippen LogP contribution in [0.1, 0.15) is 71.1 Å². The lowest BCUT2D eigenvalue weighted by Gasteiger charge is -2.36. The zero-order valence-corrected chi connectivity index (χ0v) is 12.4. The fourth-order valence-corrected chi connectivity index (χ4v) is 3.91. The van der Waals surface area contributed by atoms with E-state index in [2.05, 4.69) is 0 Å². The third kappa shape index (κ3) is 3.33. The Hall–Kier alpha value is -1.06. The maximum atomic E-state index is 12.3. The van der Waals surface area contributed by atoms with E-state index in [1.54, 1.807) is 0 Å². The number of ether oxygens (including phenoxy) is 1. The third-order valence-electron chi connectivity index (χ3n) is 5.10. The van der Waals surface area contributed by atoms with Gasteiger partial charge in [-0.15, -0.1) is 0 Å². The van der Waals surface area contributed by atoms with Gasteiger partial charge in [-0.05, 0) is 50.9 Å². The van der Waals surface area contributed by atoms with Gasteiger partial charge in [0.05, 0.1) is 12.3 Å². The summed E-state index contributed by atoms with van der Waals surface area (Å²) in [4.78, 5) is 23.2. The highest BCUT2D eigenvalue weighted by atomic mass is 16.6. The molecule has 0 spiro atoms. The maximum Gasteiger partial charge on any atom is 0.310 e. The van der Waals surface area contributed by atoms with E-state index >= 15 is 0 Å². The van der Waals surface area contributed by atoms with Gasteiger partial charge in [-0.3, -0.25) is 9.59 Å². The fourth-order valence-electron chi connectivity index (χ4n) is 3.91. The molecule has 2 fully saturated rings. The van der Waals surface area contributed by atoms with E-state index in [1.165, 1.54) is 12.8 Å². The van der Waals surface area contributed by atoms with Crippen LogP contribution >= 0.6 is 0 Å². The first kappa shape index (κ1) is 15.3. The van der Waals surface area contributed by atoms with Crippen molar-refractivity contribution >= 4 is 11.9 Å². The van der Waals surface area contributed by atoms with Gasteiger partial charge in [-0.2, -0.15) is 0 Å². The summed E-state index contributed by atoms with van der Waals surface area (Å²) in [5, 5.41) is 8.89. The van der Waals surface area contributed by atoms with Crippen LogP contribution in [-0.2, 0) is 14.3 Å². The Balaban J connectivity index is 2.03. The van der Waals surface area contributed by atoms with Crippen molar-refractivity contribution in [2.75, 3.05) is 0 Å². The summed E-state index contributed by atoms with van der Waals surface area (Å²) in [5.74, 6) is -1.21. The lowest BCUT2D eigenvalue weighted by Crippen LogP contribution is -2.41. The average Bonchev–Trinajstić information content (AvgIpc) is 3.06. The first-order valence-electron chi connectivity index (χ1n) is 8.02. The van der Waals surface area contributed by atoms with Crippen molar-refractivity contribution in [3.8, 4) is 0 Å². The van der Waals surface area contributed by atoms with Crippen LogP contribution in [0.15, 0.2) is 0 Å². The van der Waals surface area contributed by atoms with Crippen LogP contribution < -0.4 is 0 Å². The molecule has 1 unspecified atom stereocenters. The van der Waals surface area contributed by atoms with Crippen LogP contribution in [0, 0.1) is 11.8 Å². The molecule has 0 aliphatic heterocycles. The van der Waals surface area contributed by atoms with Gasteiger partial charge >= 0.3 is 11.9 Å². The van der Waals surface area contributed by atoms with Gasteiger partial charge in [-0.25, -0.2) is 0 Å². The molecular weight excluding hydrogens is 256 g/mol. The van der Waals surface area contributed by atoms with Crippen molar-refractivity contribution < 1.29 is 19.4 Å². The van der Waals surface area contributed by atoms with Crippen molar-refractivity contribution in [1.82, 2.24) is 0 Å². The first-order chi connectivity index (χ1) is 9.57. The molecule has 4 nitrogen and oxygen atoms in total. The number of carbonyl (C=O) groups excluding carboxylic acids is 1. The lowest BCUT2D eigenvalue weighted by atomic mass is 9.84. The van der Waals surface area contributed by atoms with Gasteiger partial charge in [0, 0.05) is 0 Å². The summed E-state index contributed by atoms with van der Waals surface area (Å²) >= 11 is 0. The van der Waals surface area contributed by atoms with Gasteiger partial charge in [0.2, 0.25) is 0 Å². The highest BCUT2D eigenvalue weighted by Crippen LogP contribution is 2.46. The van der Waals surface area contributed by atoms with Gasteiger partial charge in [0.1, 0.15) is 5.60 Å². The standard InChI is InChI=1S/C16H26O4/c1-2-12(11-14(17)18)15(19)20-16(9-5-6-10-16)13-7-3-4-8-13/h12-13H,2-11H2,1H3,(H,17,18). The number of rotatable bonds is 6. The SMILES string of the molecule is CCC(CC(=O)O)C(=O)OC1(C2CCCC2)CCCC1. The Morgan fingerprint density at radius 2 is 1.80 bits per heavy atom. The van der Waals surface area contributed by atoms with Crippen LogP contribution in [0.25, 0.3) is 0 Å². The molecule has 0 bridgehead atoms. The van der Waals surface area contributed by atoms with Crippen molar-refractivity contribution in [2.45, 2.75) is 76.7 Å². The summed E-state index contributed by atoms with van der Waals surface area (Å²) < 4.78 is 5.93. The van der Waals surface area contributed by atoms with Gasteiger partial charge in [0.25, 0.3) is 0 Å². The van der Waals surface area contributed by atoms with E-state index in [-0.39, 0.29) is 18.0 Å². The van der Waals surface area contributed by atoms with Gasteiger partial charge < -0.3 is 9.84 Å². The molecular formula is C16H26O4. The van der Waals surface area contributed by atoms with Crippen molar-refractivity contribution in [2.24, 2.45) is 11.8 Å². The molecule has 2 saturated carbocycles. The lowest BCUT2D eigenvalue weighted by molar-refractivity contribution is -0.173. The van der Waals surface area contributed by atoms with E-state index in [1.807, 2.05) is 6.92 Å². The van der Waals surface area contributed by atoms with Gasteiger partial charge in [-0.1, -0.05) is 19.8 Å². The average molecular weight is 282 g/mol. The quantitative estimate of drug-likeness (QED) is 0.757.